The van der Waals surface area contributed by atoms with Crippen LogP contribution in [0.15, 0.2) is 12.3 Å². The van der Waals surface area contributed by atoms with Gasteiger partial charge in [0, 0.05) is 18.8 Å². The van der Waals surface area contributed by atoms with Crippen molar-refractivity contribution in [3.8, 4) is 0 Å². The Morgan fingerprint density at radius 1 is 0.622 bits per heavy atom. The summed E-state index contributed by atoms with van der Waals surface area (Å²) in [6.45, 7) is 14.2. The highest BCUT2D eigenvalue weighted by atomic mass is 16.5. The number of rotatable bonds is 33. The van der Waals surface area contributed by atoms with Crippen LogP contribution in [-0.4, -0.2) is 37.4 Å². The number of Topliss-reactive ketones (excluding diaryl/α,β-unsaturated/α-hetero) is 1. The molecule has 3 nitrogen and oxygen atoms in total. The fourth-order valence-corrected chi connectivity index (χ4v) is 7.40. The van der Waals surface area contributed by atoms with Gasteiger partial charge in [0.2, 0.25) is 0 Å². The lowest BCUT2D eigenvalue weighted by molar-refractivity contribution is -0.125. The van der Waals surface area contributed by atoms with Crippen LogP contribution < -0.4 is 0 Å². The van der Waals surface area contributed by atoms with Crippen LogP contribution in [0.2, 0.25) is 0 Å². The zero-order valence-corrected chi connectivity index (χ0v) is 31.3. The molecule has 1 aliphatic heterocycles. The summed E-state index contributed by atoms with van der Waals surface area (Å²) in [5.41, 5.74) is 0. The lowest BCUT2D eigenvalue weighted by Gasteiger charge is -2.29. The van der Waals surface area contributed by atoms with Crippen molar-refractivity contribution in [1.29, 1.82) is 0 Å². The Morgan fingerprint density at radius 2 is 1.04 bits per heavy atom. The van der Waals surface area contributed by atoms with Crippen molar-refractivity contribution in [2.45, 2.75) is 207 Å². The molecule has 0 N–H and O–H groups in total. The minimum atomic E-state index is 0.332. The largest absolute Gasteiger partial charge is 0.499 e. The zero-order chi connectivity index (χ0) is 32.8. The van der Waals surface area contributed by atoms with Gasteiger partial charge in [-0.05, 0) is 57.7 Å². The highest BCUT2D eigenvalue weighted by molar-refractivity contribution is 5.81. The van der Waals surface area contributed by atoms with E-state index in [9.17, 15) is 4.79 Å². The van der Waals surface area contributed by atoms with Gasteiger partial charge >= 0.3 is 0 Å². The van der Waals surface area contributed by atoms with Crippen LogP contribution in [-0.2, 0) is 9.53 Å². The van der Waals surface area contributed by atoms with Gasteiger partial charge in [0.25, 0.3) is 0 Å². The number of ketones is 1. The van der Waals surface area contributed by atoms with Crippen LogP contribution in [0.4, 0.5) is 0 Å². The van der Waals surface area contributed by atoms with Crippen molar-refractivity contribution in [2.24, 2.45) is 17.8 Å². The van der Waals surface area contributed by atoms with Crippen molar-refractivity contribution in [1.82, 2.24) is 4.90 Å². The average Bonchev–Trinajstić information content (AvgIpc) is 3.03. The van der Waals surface area contributed by atoms with E-state index in [0.29, 0.717) is 17.6 Å². The maximum absolute atomic E-state index is 13.2. The second kappa shape index (κ2) is 30.5. The van der Waals surface area contributed by atoms with E-state index in [1.807, 2.05) is 0 Å². The Hall–Kier alpha value is -0.830. The van der Waals surface area contributed by atoms with Crippen molar-refractivity contribution >= 4 is 5.78 Å². The minimum absolute atomic E-state index is 0.332. The Morgan fingerprint density at radius 3 is 1.58 bits per heavy atom. The Kier molecular flexibility index (Phi) is 28.6. The highest BCUT2D eigenvalue weighted by Crippen LogP contribution is 2.27. The summed E-state index contributed by atoms with van der Waals surface area (Å²) < 4.78 is 6.08. The van der Waals surface area contributed by atoms with E-state index < -0.39 is 0 Å². The molecule has 1 heterocycles. The molecule has 0 spiro atoms. The van der Waals surface area contributed by atoms with Gasteiger partial charge in [-0.1, -0.05) is 175 Å². The predicted octanol–water partition coefficient (Wildman–Crippen LogP) is 13.3. The first-order valence-corrected chi connectivity index (χ1v) is 20.5. The van der Waals surface area contributed by atoms with Gasteiger partial charge < -0.3 is 9.64 Å². The first-order chi connectivity index (χ1) is 22.0. The molecule has 1 saturated heterocycles. The number of nitrogens with zero attached hydrogens (tertiary/aromatic N) is 1. The molecule has 0 aromatic carbocycles. The van der Waals surface area contributed by atoms with Crippen LogP contribution >= 0.6 is 0 Å². The number of allylic oxidation sites excluding steroid dienone is 1. The first-order valence-electron chi connectivity index (χ1n) is 20.5. The minimum Gasteiger partial charge on any atom is -0.499 e. The first kappa shape index (κ1) is 42.2. The molecular weight excluding hydrogens is 550 g/mol. The monoisotopic (exact) mass is 632 g/mol. The van der Waals surface area contributed by atoms with Gasteiger partial charge in [-0.3, -0.25) is 4.79 Å². The molecule has 1 unspecified atom stereocenters. The van der Waals surface area contributed by atoms with Gasteiger partial charge in [0.05, 0.1) is 12.4 Å². The normalized spacial score (nSPS) is 15.1. The molecule has 0 saturated carbocycles. The van der Waals surface area contributed by atoms with Crippen LogP contribution in [0, 0.1) is 17.8 Å². The highest BCUT2D eigenvalue weighted by Gasteiger charge is 2.25. The average molecular weight is 632 g/mol. The molecule has 266 valence electrons. The third-order valence-electron chi connectivity index (χ3n) is 10.7. The number of likely N-dealkylation sites (tertiary alicyclic amines) is 1. The van der Waals surface area contributed by atoms with E-state index in [-0.39, 0.29) is 0 Å². The van der Waals surface area contributed by atoms with E-state index in [4.69, 9.17) is 4.74 Å². The molecule has 0 aromatic heterocycles. The standard InChI is InChI=1S/C42H81NO2/c1-6-9-12-13-14-15-19-24-29-40(37-42(44)41-31-34-43(5)35-32-41)30-25-20-17-16-18-23-26-38(4)45-36-33-39(27-21-10-7-2)28-22-11-8-3/h39-41H,4,6-37H2,1-3,5H3. The number of carbonyl (C=O) groups excluding carboxylic acids is 1. The van der Waals surface area contributed by atoms with Crippen LogP contribution in [0.5, 0.6) is 0 Å². The van der Waals surface area contributed by atoms with E-state index in [0.717, 1.165) is 57.1 Å². The maximum atomic E-state index is 13.2. The lowest BCUT2D eigenvalue weighted by atomic mass is 9.84. The fraction of sp³-hybridized carbons (Fsp3) is 0.929. The summed E-state index contributed by atoms with van der Waals surface area (Å²) in [6.07, 6.45) is 37.4. The third-order valence-corrected chi connectivity index (χ3v) is 10.7. The lowest BCUT2D eigenvalue weighted by Crippen LogP contribution is -2.34. The summed E-state index contributed by atoms with van der Waals surface area (Å²) in [4.78, 5) is 15.6. The molecular formula is C42H81NO2. The van der Waals surface area contributed by atoms with Gasteiger partial charge in [-0.25, -0.2) is 0 Å². The fourth-order valence-electron chi connectivity index (χ4n) is 7.40. The topological polar surface area (TPSA) is 29.5 Å². The third kappa shape index (κ3) is 24.9. The number of unbranched alkanes of at least 4 members (excludes halogenated alkanes) is 16. The van der Waals surface area contributed by atoms with E-state index >= 15 is 0 Å². The van der Waals surface area contributed by atoms with Crippen molar-refractivity contribution < 1.29 is 9.53 Å². The number of ether oxygens (including phenoxy) is 1. The van der Waals surface area contributed by atoms with Crippen molar-refractivity contribution in [2.75, 3.05) is 26.7 Å². The van der Waals surface area contributed by atoms with Gasteiger partial charge in [0.1, 0.15) is 5.78 Å². The number of carbonyl (C=O) groups is 1. The van der Waals surface area contributed by atoms with Crippen LogP contribution in [0.3, 0.4) is 0 Å². The second-order valence-corrected chi connectivity index (χ2v) is 15.1. The van der Waals surface area contributed by atoms with Crippen LogP contribution in [0.1, 0.15) is 207 Å². The summed E-state index contributed by atoms with van der Waals surface area (Å²) in [5.74, 6) is 3.38. The molecule has 1 atom stereocenters. The molecule has 0 radical (unpaired) electrons. The Balaban J connectivity index is 2.21. The molecule has 1 rings (SSSR count). The zero-order valence-electron chi connectivity index (χ0n) is 31.3. The number of hydrogen-bond donors (Lipinski definition) is 0. The molecule has 0 bridgehead atoms. The van der Waals surface area contributed by atoms with E-state index in [2.05, 4.69) is 39.3 Å². The van der Waals surface area contributed by atoms with Gasteiger partial charge in [0.15, 0.2) is 0 Å². The summed E-state index contributed by atoms with van der Waals surface area (Å²) in [5, 5.41) is 0. The molecule has 45 heavy (non-hydrogen) atoms. The molecule has 0 aliphatic carbocycles. The Labute approximate surface area is 283 Å². The van der Waals surface area contributed by atoms with E-state index in [1.54, 1.807) is 0 Å². The quantitative estimate of drug-likeness (QED) is 0.0533. The van der Waals surface area contributed by atoms with Crippen molar-refractivity contribution in [3.63, 3.8) is 0 Å². The molecule has 1 fully saturated rings. The van der Waals surface area contributed by atoms with Crippen molar-refractivity contribution in [3.05, 3.63) is 12.3 Å². The predicted molar refractivity (Wildman–Crippen MR) is 199 cm³/mol. The van der Waals surface area contributed by atoms with E-state index in [1.165, 1.54) is 161 Å². The van der Waals surface area contributed by atoms with Gasteiger partial charge in [-0.2, -0.15) is 0 Å². The summed E-state index contributed by atoms with van der Waals surface area (Å²) in [7, 11) is 2.19. The maximum Gasteiger partial charge on any atom is 0.136 e. The molecule has 0 amide bonds. The molecule has 1 aliphatic rings. The summed E-state index contributed by atoms with van der Waals surface area (Å²) in [6, 6.07) is 0. The van der Waals surface area contributed by atoms with Crippen LogP contribution in [0.25, 0.3) is 0 Å². The second-order valence-electron chi connectivity index (χ2n) is 15.1. The Bertz CT molecular complexity index is 658. The number of hydrogen-bond acceptors (Lipinski definition) is 3. The smallest absolute Gasteiger partial charge is 0.136 e. The molecule has 3 heteroatoms. The van der Waals surface area contributed by atoms with Gasteiger partial charge in [-0.15, -0.1) is 0 Å². The number of piperidine rings is 1. The summed E-state index contributed by atoms with van der Waals surface area (Å²) >= 11 is 0. The molecule has 0 aromatic rings. The SMILES string of the molecule is C=C(CCCCCCCCC(CCCCCCCCCC)CC(=O)C1CCN(C)CC1)OCCC(CCCCC)CCCCC.